The maximum atomic E-state index is 10.8. The summed E-state index contributed by atoms with van der Waals surface area (Å²) in [6.45, 7) is 0.993. The van der Waals surface area contributed by atoms with Gasteiger partial charge in [0.15, 0.2) is 0 Å². The topological polar surface area (TPSA) is 67.1 Å². The molecule has 11 heavy (non-hydrogen) atoms. The minimum Gasteiger partial charge on any atom is -0.312 e. The van der Waals surface area contributed by atoms with E-state index in [2.05, 4.69) is 10.7 Å². The second-order valence-corrected chi connectivity index (χ2v) is 3.65. The Hall–Kier alpha value is -0.260. The van der Waals surface area contributed by atoms with E-state index in [1.165, 1.54) is 0 Å². The summed E-state index contributed by atoms with van der Waals surface area (Å²) in [7, 11) is 0. The van der Waals surface area contributed by atoms with E-state index >= 15 is 0 Å². The molecule has 4 nitrogen and oxygen atoms in total. The molecule has 1 fully saturated rings. The van der Waals surface area contributed by atoms with Crippen molar-refractivity contribution in [2.24, 2.45) is 5.84 Å². The molecule has 0 aromatic carbocycles. The number of nitrogens with one attached hydrogen (secondary N) is 2. The summed E-state index contributed by atoms with van der Waals surface area (Å²) in [4.78, 5) is 10.8. The van der Waals surface area contributed by atoms with E-state index in [1.807, 2.05) is 11.8 Å². The Labute approximate surface area is 70.3 Å². The van der Waals surface area contributed by atoms with Gasteiger partial charge in [-0.25, -0.2) is 5.84 Å². The van der Waals surface area contributed by atoms with Crippen molar-refractivity contribution in [1.82, 2.24) is 10.7 Å². The van der Waals surface area contributed by atoms with Crippen molar-refractivity contribution in [3.8, 4) is 0 Å². The van der Waals surface area contributed by atoms with Crippen LogP contribution in [0, 0.1) is 0 Å². The highest BCUT2D eigenvalue weighted by atomic mass is 32.2. The van der Waals surface area contributed by atoms with Gasteiger partial charge in [0.05, 0.1) is 0 Å². The number of carbonyl (C=O) groups is 1. The normalized spacial score (nSPS) is 24.6. The van der Waals surface area contributed by atoms with Gasteiger partial charge in [-0.05, 0) is 0 Å². The zero-order valence-corrected chi connectivity index (χ0v) is 7.12. The zero-order valence-electron chi connectivity index (χ0n) is 6.30. The van der Waals surface area contributed by atoms with Gasteiger partial charge in [-0.2, -0.15) is 11.8 Å². The quantitative estimate of drug-likeness (QED) is 0.288. The molecule has 0 radical (unpaired) electrons. The largest absolute Gasteiger partial charge is 0.312 e. The van der Waals surface area contributed by atoms with Crippen LogP contribution in [0.5, 0.6) is 0 Å². The Balaban J connectivity index is 2.19. The molecule has 4 N–H and O–H groups in total. The SMILES string of the molecule is NNC(=O)CC1CSCCN1. The fourth-order valence-electron chi connectivity index (χ4n) is 1.03. The van der Waals surface area contributed by atoms with Crippen LogP contribution in [0.25, 0.3) is 0 Å². The predicted octanol–water partition coefficient (Wildman–Crippen LogP) is -0.929. The summed E-state index contributed by atoms with van der Waals surface area (Å²) < 4.78 is 0. The van der Waals surface area contributed by atoms with Crippen molar-refractivity contribution in [1.29, 1.82) is 0 Å². The molecular formula is C6H13N3OS. The van der Waals surface area contributed by atoms with E-state index < -0.39 is 0 Å². The van der Waals surface area contributed by atoms with Crippen LogP contribution in [-0.2, 0) is 4.79 Å². The first-order valence-electron chi connectivity index (χ1n) is 3.63. The lowest BCUT2D eigenvalue weighted by atomic mass is 10.2. The summed E-state index contributed by atoms with van der Waals surface area (Å²) in [6, 6.07) is 0.303. The summed E-state index contributed by atoms with van der Waals surface area (Å²) in [5.74, 6) is 7.01. The van der Waals surface area contributed by atoms with E-state index in [0.29, 0.717) is 12.5 Å². The van der Waals surface area contributed by atoms with E-state index in [1.54, 1.807) is 0 Å². The van der Waals surface area contributed by atoms with Gasteiger partial charge in [-0.15, -0.1) is 0 Å². The fourth-order valence-corrected chi connectivity index (χ4v) is 1.98. The van der Waals surface area contributed by atoms with Crippen molar-refractivity contribution in [3.05, 3.63) is 0 Å². The standard InChI is InChI=1S/C6H13N3OS/c7-9-6(10)3-5-4-11-2-1-8-5/h5,8H,1-4,7H2,(H,9,10). The first kappa shape index (κ1) is 8.83. The van der Waals surface area contributed by atoms with Gasteiger partial charge in [-0.1, -0.05) is 0 Å². The molecule has 1 rings (SSSR count). The third kappa shape index (κ3) is 3.09. The molecule has 0 aliphatic carbocycles. The number of carbonyl (C=O) groups excluding carboxylic acids is 1. The molecule has 1 unspecified atom stereocenters. The van der Waals surface area contributed by atoms with Crippen LogP contribution in [0.2, 0.25) is 0 Å². The zero-order chi connectivity index (χ0) is 8.10. The third-order valence-electron chi connectivity index (χ3n) is 1.59. The van der Waals surface area contributed by atoms with Gasteiger partial charge in [0.25, 0.3) is 0 Å². The molecule has 0 saturated carbocycles. The van der Waals surface area contributed by atoms with Crippen LogP contribution >= 0.6 is 11.8 Å². The Morgan fingerprint density at radius 3 is 3.18 bits per heavy atom. The van der Waals surface area contributed by atoms with E-state index in [-0.39, 0.29) is 5.91 Å². The molecule has 1 saturated heterocycles. The average Bonchev–Trinajstić information content (AvgIpc) is 2.06. The molecule has 0 spiro atoms. The van der Waals surface area contributed by atoms with Crippen molar-refractivity contribution in [2.75, 3.05) is 18.1 Å². The summed E-state index contributed by atoms with van der Waals surface area (Å²) in [6.07, 6.45) is 0.490. The smallest absolute Gasteiger partial charge is 0.235 e. The van der Waals surface area contributed by atoms with Crippen LogP contribution in [0.3, 0.4) is 0 Å². The van der Waals surface area contributed by atoms with Gasteiger partial charge in [0, 0.05) is 30.5 Å². The van der Waals surface area contributed by atoms with Crippen molar-refractivity contribution in [2.45, 2.75) is 12.5 Å². The molecule has 64 valence electrons. The summed E-state index contributed by atoms with van der Waals surface area (Å²) >= 11 is 1.87. The maximum absolute atomic E-state index is 10.8. The molecule has 1 amide bonds. The second-order valence-electron chi connectivity index (χ2n) is 2.50. The van der Waals surface area contributed by atoms with Crippen LogP contribution in [0.4, 0.5) is 0 Å². The molecular weight excluding hydrogens is 162 g/mol. The highest BCUT2D eigenvalue weighted by Crippen LogP contribution is 2.09. The number of nitrogens with two attached hydrogens (primary N) is 1. The molecule has 5 heteroatoms. The molecule has 1 aliphatic rings. The summed E-state index contributed by atoms with van der Waals surface area (Å²) in [5.41, 5.74) is 2.12. The molecule has 1 atom stereocenters. The monoisotopic (exact) mass is 175 g/mol. The number of thioether (sulfide) groups is 1. The second kappa shape index (κ2) is 4.58. The maximum Gasteiger partial charge on any atom is 0.235 e. The van der Waals surface area contributed by atoms with E-state index in [0.717, 1.165) is 18.1 Å². The van der Waals surface area contributed by atoms with Gasteiger partial charge in [-0.3, -0.25) is 10.2 Å². The van der Waals surface area contributed by atoms with Gasteiger partial charge in [0.2, 0.25) is 5.91 Å². The van der Waals surface area contributed by atoms with E-state index in [4.69, 9.17) is 5.84 Å². The van der Waals surface area contributed by atoms with Crippen LogP contribution < -0.4 is 16.6 Å². The Kier molecular flexibility index (Phi) is 3.68. The number of hydrogen-bond acceptors (Lipinski definition) is 4. The van der Waals surface area contributed by atoms with Crippen molar-refractivity contribution < 1.29 is 4.79 Å². The Bertz CT molecular complexity index is 136. The van der Waals surface area contributed by atoms with Gasteiger partial charge < -0.3 is 5.32 Å². The molecule has 1 heterocycles. The highest BCUT2D eigenvalue weighted by molar-refractivity contribution is 7.99. The summed E-state index contributed by atoms with van der Waals surface area (Å²) in [5, 5.41) is 3.25. The lowest BCUT2D eigenvalue weighted by Crippen LogP contribution is -2.42. The third-order valence-corrected chi connectivity index (χ3v) is 2.72. The molecule has 0 bridgehead atoms. The number of amides is 1. The fraction of sp³-hybridized carbons (Fsp3) is 0.833. The van der Waals surface area contributed by atoms with Crippen molar-refractivity contribution >= 4 is 17.7 Å². The first-order chi connectivity index (χ1) is 5.33. The van der Waals surface area contributed by atoms with Crippen LogP contribution in [0.1, 0.15) is 6.42 Å². The minimum absolute atomic E-state index is 0.0926. The first-order valence-corrected chi connectivity index (χ1v) is 4.79. The van der Waals surface area contributed by atoms with Crippen molar-refractivity contribution in [3.63, 3.8) is 0 Å². The lowest BCUT2D eigenvalue weighted by molar-refractivity contribution is -0.121. The lowest BCUT2D eigenvalue weighted by Gasteiger charge is -2.21. The van der Waals surface area contributed by atoms with Gasteiger partial charge in [0.1, 0.15) is 0 Å². The Morgan fingerprint density at radius 1 is 1.82 bits per heavy atom. The highest BCUT2D eigenvalue weighted by Gasteiger charge is 2.15. The number of rotatable bonds is 2. The predicted molar refractivity (Wildman–Crippen MR) is 46.1 cm³/mol. The van der Waals surface area contributed by atoms with Crippen LogP contribution in [-0.4, -0.2) is 30.0 Å². The molecule has 0 aromatic heterocycles. The Morgan fingerprint density at radius 2 is 2.64 bits per heavy atom. The minimum atomic E-state index is -0.0926. The van der Waals surface area contributed by atoms with E-state index in [9.17, 15) is 4.79 Å². The molecule has 0 aromatic rings. The average molecular weight is 175 g/mol. The van der Waals surface area contributed by atoms with Crippen LogP contribution in [0.15, 0.2) is 0 Å². The number of hydrogen-bond donors (Lipinski definition) is 3. The molecule has 1 aliphatic heterocycles. The number of hydrazine groups is 1. The van der Waals surface area contributed by atoms with Gasteiger partial charge >= 0.3 is 0 Å².